The molecule has 1 aromatic heterocycles. The summed E-state index contributed by atoms with van der Waals surface area (Å²) in [6.07, 6.45) is 5.60. The fourth-order valence-corrected chi connectivity index (χ4v) is 4.29. The first-order chi connectivity index (χ1) is 12.2. The van der Waals surface area contributed by atoms with E-state index in [0.29, 0.717) is 23.2 Å². The largest absolute Gasteiger partial charge is 0.344 e. The minimum Gasteiger partial charge on any atom is -0.344 e. The van der Waals surface area contributed by atoms with Crippen LogP contribution >= 0.6 is 24.0 Å². The van der Waals surface area contributed by atoms with Gasteiger partial charge in [0.2, 0.25) is 0 Å². The number of H-pyrrole nitrogens is 1. The maximum Gasteiger partial charge on any atom is 0.272 e. The number of nitrogens with one attached hydrogen (secondary N) is 3. The van der Waals surface area contributed by atoms with E-state index in [1.807, 2.05) is 18.2 Å². The van der Waals surface area contributed by atoms with Crippen molar-refractivity contribution in [3.05, 3.63) is 51.8 Å². The maximum absolute atomic E-state index is 12.9. The number of carbonyl (C=O) groups is 1. The van der Waals surface area contributed by atoms with E-state index in [9.17, 15) is 4.79 Å². The zero-order valence-corrected chi connectivity index (χ0v) is 16.1. The first-order valence-electron chi connectivity index (χ1n) is 9.05. The monoisotopic (exact) mass is 394 g/mol. The third-order valence-electron chi connectivity index (χ3n) is 5.39. The summed E-state index contributed by atoms with van der Waals surface area (Å²) in [5, 5.41) is 14.6. The van der Waals surface area contributed by atoms with Gasteiger partial charge in [-0.1, -0.05) is 36.6 Å². The third-order valence-corrected chi connectivity index (χ3v) is 5.62. The van der Waals surface area contributed by atoms with Gasteiger partial charge in [0.15, 0.2) is 5.69 Å². The molecule has 0 spiro atoms. The van der Waals surface area contributed by atoms with E-state index in [2.05, 4.69) is 26.9 Å². The predicted molar refractivity (Wildman–Crippen MR) is 105 cm³/mol. The van der Waals surface area contributed by atoms with Crippen molar-refractivity contribution in [2.24, 2.45) is 5.92 Å². The molecule has 1 fully saturated rings. The molecule has 4 rings (SSSR count). The minimum atomic E-state index is -0.0990. The number of nitrogens with zero attached hydrogens (tertiary/aromatic N) is 1. The molecule has 26 heavy (non-hydrogen) atoms. The average molecular weight is 395 g/mol. The zero-order chi connectivity index (χ0) is 17.2. The second-order valence-corrected chi connectivity index (χ2v) is 7.44. The van der Waals surface area contributed by atoms with Crippen LogP contribution in [0.4, 0.5) is 0 Å². The molecule has 1 aliphatic heterocycles. The van der Waals surface area contributed by atoms with Crippen LogP contribution in [-0.2, 0) is 13.0 Å². The van der Waals surface area contributed by atoms with E-state index in [1.54, 1.807) is 0 Å². The molecule has 1 atom stereocenters. The van der Waals surface area contributed by atoms with Crippen LogP contribution < -0.4 is 10.6 Å². The molecule has 5 nitrogen and oxygen atoms in total. The van der Waals surface area contributed by atoms with Gasteiger partial charge < -0.3 is 10.6 Å². The van der Waals surface area contributed by atoms with Crippen molar-refractivity contribution in [2.75, 3.05) is 6.54 Å². The van der Waals surface area contributed by atoms with Crippen LogP contribution in [0.25, 0.3) is 0 Å². The number of amides is 1. The fraction of sp³-hybridized carbons (Fsp3) is 0.474. The van der Waals surface area contributed by atoms with Gasteiger partial charge in [-0.15, -0.1) is 12.4 Å². The summed E-state index contributed by atoms with van der Waals surface area (Å²) in [5.41, 5.74) is 3.67. The Morgan fingerprint density at radius 2 is 2.12 bits per heavy atom. The highest BCUT2D eigenvalue weighted by molar-refractivity contribution is 6.30. The Morgan fingerprint density at radius 1 is 1.31 bits per heavy atom. The van der Waals surface area contributed by atoms with E-state index in [1.165, 1.54) is 12.8 Å². The van der Waals surface area contributed by atoms with Crippen LogP contribution in [0.15, 0.2) is 24.3 Å². The molecule has 0 bridgehead atoms. The number of aromatic nitrogens is 2. The number of hydrogen-bond acceptors (Lipinski definition) is 3. The van der Waals surface area contributed by atoms with Crippen LogP contribution in [-0.4, -0.2) is 22.6 Å². The van der Waals surface area contributed by atoms with Gasteiger partial charge in [0.25, 0.3) is 5.91 Å². The number of halogens is 2. The summed E-state index contributed by atoms with van der Waals surface area (Å²) in [4.78, 5) is 12.9. The van der Waals surface area contributed by atoms with Gasteiger partial charge in [-0.25, -0.2) is 0 Å². The van der Waals surface area contributed by atoms with Crippen LogP contribution in [0, 0.1) is 5.92 Å². The molecule has 1 unspecified atom stereocenters. The smallest absolute Gasteiger partial charge is 0.272 e. The third kappa shape index (κ3) is 3.90. The molecule has 7 heteroatoms. The summed E-state index contributed by atoms with van der Waals surface area (Å²) < 4.78 is 0. The first kappa shape index (κ1) is 19.2. The quantitative estimate of drug-likeness (QED) is 0.738. The number of rotatable bonds is 4. The summed E-state index contributed by atoms with van der Waals surface area (Å²) in [7, 11) is 0. The van der Waals surface area contributed by atoms with Crippen LogP contribution in [0.2, 0.25) is 5.02 Å². The highest BCUT2D eigenvalue weighted by Crippen LogP contribution is 2.36. The standard InChI is InChI=1S/C19H23ClN4O.ClH/c20-14-7-3-6-13(10-14)17(12-4-1-2-5-12)22-19(25)18-15-11-21-9-8-16(15)23-24-18;/h3,6-7,10,12,17,21H,1-2,4-5,8-9,11H2,(H,22,25)(H,23,24);1H. The summed E-state index contributed by atoms with van der Waals surface area (Å²) in [6, 6.07) is 7.82. The number of benzene rings is 1. The molecule has 2 heterocycles. The van der Waals surface area contributed by atoms with Gasteiger partial charge in [0.05, 0.1) is 6.04 Å². The molecule has 2 aliphatic rings. The second kappa shape index (κ2) is 8.42. The van der Waals surface area contributed by atoms with Crippen LogP contribution in [0.3, 0.4) is 0 Å². The highest BCUT2D eigenvalue weighted by atomic mass is 35.5. The molecular weight excluding hydrogens is 371 g/mol. The number of carbonyl (C=O) groups excluding carboxylic acids is 1. The van der Waals surface area contributed by atoms with Crippen molar-refractivity contribution in [3.8, 4) is 0 Å². The van der Waals surface area contributed by atoms with Crippen molar-refractivity contribution >= 4 is 29.9 Å². The maximum atomic E-state index is 12.9. The van der Waals surface area contributed by atoms with Crippen molar-refractivity contribution < 1.29 is 4.79 Å². The molecule has 0 saturated heterocycles. The normalized spacial score (nSPS) is 18.0. The van der Waals surface area contributed by atoms with Crippen molar-refractivity contribution in [3.63, 3.8) is 0 Å². The van der Waals surface area contributed by atoms with E-state index in [4.69, 9.17) is 11.6 Å². The van der Waals surface area contributed by atoms with E-state index in [0.717, 1.165) is 42.6 Å². The molecule has 1 aliphatic carbocycles. The second-order valence-electron chi connectivity index (χ2n) is 7.01. The number of aromatic amines is 1. The molecule has 140 valence electrons. The lowest BCUT2D eigenvalue weighted by molar-refractivity contribution is 0.0915. The Bertz CT molecular complexity index is 771. The molecule has 2 aromatic rings. The van der Waals surface area contributed by atoms with Crippen LogP contribution in [0.1, 0.15) is 59.0 Å². The minimum absolute atomic E-state index is 0. The van der Waals surface area contributed by atoms with Gasteiger partial charge >= 0.3 is 0 Å². The molecule has 1 amide bonds. The summed E-state index contributed by atoms with van der Waals surface area (Å²) in [5.74, 6) is 0.355. The topological polar surface area (TPSA) is 69.8 Å². The summed E-state index contributed by atoms with van der Waals surface area (Å²) in [6.45, 7) is 1.61. The molecule has 0 radical (unpaired) electrons. The van der Waals surface area contributed by atoms with Crippen molar-refractivity contribution in [1.29, 1.82) is 0 Å². The zero-order valence-electron chi connectivity index (χ0n) is 14.6. The molecular formula is C19H24Cl2N4O. The Balaban J connectivity index is 0.00000196. The Morgan fingerprint density at radius 3 is 2.88 bits per heavy atom. The van der Waals surface area contributed by atoms with E-state index < -0.39 is 0 Å². The van der Waals surface area contributed by atoms with Gasteiger partial charge in [-0.3, -0.25) is 9.89 Å². The average Bonchev–Trinajstić information content (AvgIpc) is 3.29. The Hall–Kier alpha value is -1.56. The highest BCUT2D eigenvalue weighted by Gasteiger charge is 2.30. The molecule has 1 saturated carbocycles. The number of hydrogen-bond donors (Lipinski definition) is 3. The Labute approximate surface area is 164 Å². The van der Waals surface area contributed by atoms with Gasteiger partial charge in [0.1, 0.15) is 0 Å². The van der Waals surface area contributed by atoms with Gasteiger partial charge in [-0.2, -0.15) is 5.10 Å². The SMILES string of the molecule is Cl.O=C(NC(c1cccc(Cl)c1)C1CCCC1)c1n[nH]c2c1CNCC2. The van der Waals surface area contributed by atoms with Crippen molar-refractivity contribution in [2.45, 2.75) is 44.7 Å². The van der Waals surface area contributed by atoms with E-state index >= 15 is 0 Å². The summed E-state index contributed by atoms with van der Waals surface area (Å²) >= 11 is 6.19. The van der Waals surface area contributed by atoms with Gasteiger partial charge in [-0.05, 0) is 36.5 Å². The fourth-order valence-electron chi connectivity index (χ4n) is 4.09. The van der Waals surface area contributed by atoms with Gasteiger partial charge in [0, 0.05) is 35.8 Å². The lowest BCUT2D eigenvalue weighted by Crippen LogP contribution is -2.34. The lowest BCUT2D eigenvalue weighted by Gasteiger charge is -2.25. The lowest BCUT2D eigenvalue weighted by atomic mass is 9.91. The molecule has 1 aromatic carbocycles. The van der Waals surface area contributed by atoms with E-state index in [-0.39, 0.29) is 24.4 Å². The molecule has 3 N–H and O–H groups in total. The Kier molecular flexibility index (Phi) is 6.22. The van der Waals surface area contributed by atoms with Crippen molar-refractivity contribution in [1.82, 2.24) is 20.8 Å². The first-order valence-corrected chi connectivity index (χ1v) is 9.43. The van der Waals surface area contributed by atoms with Crippen LogP contribution in [0.5, 0.6) is 0 Å². The number of fused-ring (bicyclic) bond motifs is 1. The predicted octanol–water partition coefficient (Wildman–Crippen LogP) is 3.79.